The standard InChI is InChI=1S/C15H13NO3S2/c1-10(14(18)19)16-13(17)12(21-15(16)20)9-5-8-11-6-3-2-4-7-11/h2-10H,1H3,(H,18,19)/p-1/b8-5+,12-9-/t10-/m0/s1. The molecule has 1 heterocycles. The van der Waals surface area contributed by atoms with Gasteiger partial charge in [0.15, 0.2) is 0 Å². The first-order valence-corrected chi connectivity index (χ1v) is 7.43. The SMILES string of the molecule is C[C@@H](C(=O)[O-])N1C(=O)/C(=C/C=C/c2ccccc2)SC1=S. The molecule has 0 bridgehead atoms. The highest BCUT2D eigenvalue weighted by Gasteiger charge is 2.35. The highest BCUT2D eigenvalue weighted by atomic mass is 32.2. The summed E-state index contributed by atoms with van der Waals surface area (Å²) in [4.78, 5) is 24.5. The second-order valence-corrected chi connectivity index (χ2v) is 6.01. The highest BCUT2D eigenvalue weighted by Crippen LogP contribution is 2.32. The summed E-state index contributed by atoms with van der Waals surface area (Å²) in [5.41, 5.74) is 1.01. The van der Waals surface area contributed by atoms with Gasteiger partial charge < -0.3 is 9.90 Å². The van der Waals surface area contributed by atoms with Crippen LogP contribution in [-0.2, 0) is 9.59 Å². The molecule has 1 aromatic rings. The molecule has 0 saturated carbocycles. The molecule has 0 unspecified atom stereocenters. The van der Waals surface area contributed by atoms with E-state index in [0.717, 1.165) is 22.2 Å². The van der Waals surface area contributed by atoms with Crippen LogP contribution in [0.5, 0.6) is 0 Å². The van der Waals surface area contributed by atoms with Crippen molar-refractivity contribution in [2.75, 3.05) is 0 Å². The molecule has 6 heteroatoms. The fourth-order valence-electron chi connectivity index (χ4n) is 1.74. The quantitative estimate of drug-likeness (QED) is 0.623. The molecule has 0 aromatic heterocycles. The van der Waals surface area contributed by atoms with Gasteiger partial charge in [-0.15, -0.1) is 0 Å². The monoisotopic (exact) mass is 318 g/mol. The molecule has 108 valence electrons. The van der Waals surface area contributed by atoms with E-state index >= 15 is 0 Å². The number of aliphatic carboxylic acids is 1. The minimum atomic E-state index is -1.33. The lowest BCUT2D eigenvalue weighted by atomic mass is 10.2. The van der Waals surface area contributed by atoms with E-state index in [1.54, 1.807) is 12.2 Å². The third-order valence-electron chi connectivity index (χ3n) is 2.89. The number of rotatable bonds is 4. The molecule has 1 fully saturated rings. The van der Waals surface area contributed by atoms with Crippen molar-refractivity contribution in [3.63, 3.8) is 0 Å². The number of carbonyl (C=O) groups excluding carboxylic acids is 2. The number of amides is 1. The first kappa shape index (κ1) is 15.5. The van der Waals surface area contributed by atoms with Gasteiger partial charge >= 0.3 is 0 Å². The molecule has 4 nitrogen and oxygen atoms in total. The van der Waals surface area contributed by atoms with Crippen LogP contribution in [0.2, 0.25) is 0 Å². The van der Waals surface area contributed by atoms with Crippen molar-refractivity contribution in [3.05, 3.63) is 53.0 Å². The number of benzene rings is 1. The molecule has 1 aliphatic heterocycles. The average Bonchev–Trinajstić information content (AvgIpc) is 2.74. The summed E-state index contributed by atoms with van der Waals surface area (Å²) in [7, 11) is 0. The Hall–Kier alpha value is -1.92. The van der Waals surface area contributed by atoms with Gasteiger partial charge in [0.1, 0.15) is 4.32 Å². The zero-order valence-corrected chi connectivity index (χ0v) is 12.8. The van der Waals surface area contributed by atoms with Crippen molar-refractivity contribution in [1.82, 2.24) is 4.90 Å². The summed E-state index contributed by atoms with van der Waals surface area (Å²) in [5.74, 6) is -1.73. The van der Waals surface area contributed by atoms with E-state index in [-0.39, 0.29) is 4.32 Å². The summed E-state index contributed by atoms with van der Waals surface area (Å²) in [5, 5.41) is 10.9. The normalized spacial score (nSPS) is 18.7. The van der Waals surface area contributed by atoms with Gasteiger partial charge in [-0.05, 0) is 18.6 Å². The van der Waals surface area contributed by atoms with Crippen molar-refractivity contribution in [1.29, 1.82) is 0 Å². The molecule has 0 radical (unpaired) electrons. The lowest BCUT2D eigenvalue weighted by Gasteiger charge is -2.23. The topological polar surface area (TPSA) is 60.4 Å². The number of thiocarbonyl (C=S) groups is 1. The Kier molecular flexibility index (Phi) is 4.93. The minimum Gasteiger partial charge on any atom is -0.548 e. The summed E-state index contributed by atoms with van der Waals surface area (Å²) in [6, 6.07) is 8.56. The number of carboxylic acids is 1. The number of carbonyl (C=O) groups is 2. The summed E-state index contributed by atoms with van der Waals surface area (Å²) >= 11 is 6.14. The van der Waals surface area contributed by atoms with Gasteiger partial charge in [0.05, 0.1) is 16.9 Å². The van der Waals surface area contributed by atoms with Crippen LogP contribution in [0.25, 0.3) is 6.08 Å². The predicted molar refractivity (Wildman–Crippen MR) is 85.1 cm³/mol. The molecular formula is C15H12NO3S2-. The second-order valence-electron chi connectivity index (χ2n) is 4.34. The van der Waals surface area contributed by atoms with Crippen LogP contribution in [0, 0.1) is 0 Å². The zero-order chi connectivity index (χ0) is 15.4. The average molecular weight is 318 g/mol. The third-order valence-corrected chi connectivity index (χ3v) is 4.24. The smallest absolute Gasteiger partial charge is 0.266 e. The van der Waals surface area contributed by atoms with Crippen LogP contribution in [-0.4, -0.2) is 27.1 Å². The van der Waals surface area contributed by atoms with E-state index in [9.17, 15) is 14.7 Å². The molecule has 1 saturated heterocycles. The van der Waals surface area contributed by atoms with Crippen LogP contribution < -0.4 is 5.11 Å². The number of carboxylic acid groups (broad SMARTS) is 1. The largest absolute Gasteiger partial charge is 0.548 e. The van der Waals surface area contributed by atoms with Crippen LogP contribution >= 0.6 is 24.0 Å². The van der Waals surface area contributed by atoms with E-state index < -0.39 is 17.9 Å². The Morgan fingerprint density at radius 1 is 1.38 bits per heavy atom. The summed E-state index contributed by atoms with van der Waals surface area (Å²) in [6.45, 7) is 1.38. The molecule has 0 N–H and O–H groups in total. The Morgan fingerprint density at radius 3 is 2.67 bits per heavy atom. The number of allylic oxidation sites excluding steroid dienone is 2. The fourth-order valence-corrected chi connectivity index (χ4v) is 3.11. The van der Waals surface area contributed by atoms with Gasteiger partial charge in [0, 0.05) is 0 Å². The van der Waals surface area contributed by atoms with Crippen molar-refractivity contribution >= 4 is 46.3 Å². The van der Waals surface area contributed by atoms with E-state index in [1.165, 1.54) is 6.92 Å². The summed E-state index contributed by atoms with van der Waals surface area (Å²) < 4.78 is 0.232. The number of hydrogen-bond donors (Lipinski definition) is 0. The number of nitrogens with zero attached hydrogens (tertiary/aromatic N) is 1. The number of hydrogen-bond acceptors (Lipinski definition) is 5. The van der Waals surface area contributed by atoms with Crippen molar-refractivity contribution in [3.8, 4) is 0 Å². The van der Waals surface area contributed by atoms with Gasteiger partial charge in [-0.3, -0.25) is 9.69 Å². The predicted octanol–water partition coefficient (Wildman–Crippen LogP) is 1.58. The third kappa shape index (κ3) is 3.59. The fraction of sp³-hybridized carbons (Fsp3) is 0.133. The Balaban J connectivity index is 2.14. The molecule has 2 rings (SSSR count). The molecule has 1 aliphatic rings. The van der Waals surface area contributed by atoms with Gasteiger partial charge in [-0.25, -0.2) is 0 Å². The molecule has 1 amide bonds. The van der Waals surface area contributed by atoms with Crippen LogP contribution in [0.3, 0.4) is 0 Å². The van der Waals surface area contributed by atoms with Gasteiger partial charge in [0.2, 0.25) is 0 Å². The number of thioether (sulfide) groups is 1. The van der Waals surface area contributed by atoms with Gasteiger partial charge in [0.25, 0.3) is 5.91 Å². The van der Waals surface area contributed by atoms with Crippen LogP contribution in [0.15, 0.2) is 47.4 Å². The van der Waals surface area contributed by atoms with Crippen LogP contribution in [0.1, 0.15) is 12.5 Å². The molecule has 1 aromatic carbocycles. The maximum atomic E-state index is 12.1. The maximum absolute atomic E-state index is 12.1. The Bertz CT molecular complexity index is 638. The molecular weight excluding hydrogens is 306 g/mol. The van der Waals surface area contributed by atoms with E-state index in [0.29, 0.717) is 4.91 Å². The van der Waals surface area contributed by atoms with Gasteiger partial charge in [-0.2, -0.15) is 0 Å². The highest BCUT2D eigenvalue weighted by molar-refractivity contribution is 8.26. The lowest BCUT2D eigenvalue weighted by Crippen LogP contribution is -2.48. The maximum Gasteiger partial charge on any atom is 0.266 e. The molecule has 0 aliphatic carbocycles. The molecule has 21 heavy (non-hydrogen) atoms. The van der Waals surface area contributed by atoms with E-state index in [2.05, 4.69) is 0 Å². The Labute approximate surface area is 132 Å². The zero-order valence-electron chi connectivity index (χ0n) is 11.2. The lowest BCUT2D eigenvalue weighted by molar-refractivity contribution is -0.309. The first-order chi connectivity index (χ1) is 10.0. The first-order valence-electron chi connectivity index (χ1n) is 6.20. The summed E-state index contributed by atoms with van der Waals surface area (Å²) in [6.07, 6.45) is 5.23. The minimum absolute atomic E-state index is 0.232. The Morgan fingerprint density at radius 2 is 2.05 bits per heavy atom. The second kappa shape index (κ2) is 6.69. The van der Waals surface area contributed by atoms with Gasteiger partial charge in [-0.1, -0.05) is 66.5 Å². The molecule has 1 atom stereocenters. The van der Waals surface area contributed by atoms with Crippen molar-refractivity contribution in [2.45, 2.75) is 13.0 Å². The van der Waals surface area contributed by atoms with Crippen molar-refractivity contribution in [2.24, 2.45) is 0 Å². The molecule has 0 spiro atoms. The van der Waals surface area contributed by atoms with E-state index in [1.807, 2.05) is 36.4 Å². The van der Waals surface area contributed by atoms with Crippen LogP contribution in [0.4, 0.5) is 0 Å². The van der Waals surface area contributed by atoms with Crippen molar-refractivity contribution < 1.29 is 14.7 Å². The van der Waals surface area contributed by atoms with E-state index in [4.69, 9.17) is 12.2 Å².